The molecule has 2 unspecified atom stereocenters. The number of hydrogen-bond donors (Lipinski definition) is 1. The summed E-state index contributed by atoms with van der Waals surface area (Å²) in [5.74, 6) is 2.32. The van der Waals surface area contributed by atoms with E-state index in [4.69, 9.17) is 4.74 Å². The van der Waals surface area contributed by atoms with Gasteiger partial charge in [0.25, 0.3) is 0 Å². The molecule has 2 saturated carbocycles. The zero-order valence-corrected chi connectivity index (χ0v) is 12.8. The van der Waals surface area contributed by atoms with Gasteiger partial charge < -0.3 is 10.1 Å². The second kappa shape index (κ2) is 6.17. The maximum absolute atomic E-state index is 5.56. The number of nitrogens with zero attached hydrogens (tertiary/aromatic N) is 2. The van der Waals surface area contributed by atoms with E-state index in [0.29, 0.717) is 5.92 Å². The van der Waals surface area contributed by atoms with E-state index in [1.54, 1.807) is 7.11 Å². The monoisotopic (exact) mass is 277 g/mol. The van der Waals surface area contributed by atoms with E-state index >= 15 is 0 Å². The number of aromatic nitrogens is 2. The zero-order chi connectivity index (χ0) is 13.9. The Morgan fingerprint density at radius 1 is 1.30 bits per heavy atom. The van der Waals surface area contributed by atoms with Gasteiger partial charge in [-0.05, 0) is 45.1 Å². The van der Waals surface area contributed by atoms with Crippen molar-refractivity contribution in [2.24, 2.45) is 5.92 Å². The van der Waals surface area contributed by atoms with Crippen molar-refractivity contribution >= 4 is 0 Å². The first kappa shape index (κ1) is 13.9. The topological polar surface area (TPSA) is 39.1 Å². The van der Waals surface area contributed by atoms with Crippen molar-refractivity contribution in [3.8, 4) is 5.75 Å². The van der Waals surface area contributed by atoms with Crippen LogP contribution in [0.25, 0.3) is 0 Å². The maximum Gasteiger partial charge on any atom is 0.160 e. The van der Waals surface area contributed by atoms with Gasteiger partial charge in [-0.3, -0.25) is 4.68 Å². The highest BCUT2D eigenvalue weighted by Gasteiger charge is 2.32. The standard InChI is InChI=1S/C16H27N3O/c1-3-19-16(15(20-2)11-18-19)14-7-5-4-6-12(14)10-17-13-8-9-13/h11-14,17H,3-10H2,1-2H3. The molecule has 0 bridgehead atoms. The Morgan fingerprint density at radius 3 is 2.80 bits per heavy atom. The summed E-state index contributed by atoms with van der Waals surface area (Å²) in [4.78, 5) is 0. The summed E-state index contributed by atoms with van der Waals surface area (Å²) in [6.07, 6.45) is 9.94. The van der Waals surface area contributed by atoms with Crippen LogP contribution in [0, 0.1) is 5.92 Å². The number of nitrogens with one attached hydrogen (secondary N) is 1. The molecule has 1 N–H and O–H groups in total. The molecule has 112 valence electrons. The van der Waals surface area contributed by atoms with Gasteiger partial charge in [0, 0.05) is 18.5 Å². The first-order chi connectivity index (χ1) is 9.83. The largest absolute Gasteiger partial charge is 0.493 e. The highest BCUT2D eigenvalue weighted by atomic mass is 16.5. The molecule has 0 amide bonds. The van der Waals surface area contributed by atoms with Crippen LogP contribution in [0.3, 0.4) is 0 Å². The summed E-state index contributed by atoms with van der Waals surface area (Å²) in [5.41, 5.74) is 1.33. The molecule has 20 heavy (non-hydrogen) atoms. The summed E-state index contributed by atoms with van der Waals surface area (Å²) in [5, 5.41) is 8.22. The zero-order valence-electron chi connectivity index (χ0n) is 12.8. The van der Waals surface area contributed by atoms with Crippen LogP contribution in [-0.2, 0) is 6.54 Å². The van der Waals surface area contributed by atoms with Gasteiger partial charge in [0.05, 0.1) is 19.0 Å². The van der Waals surface area contributed by atoms with E-state index in [0.717, 1.165) is 30.8 Å². The predicted octanol–water partition coefficient (Wildman–Crippen LogP) is 2.94. The normalized spacial score (nSPS) is 26.7. The molecule has 0 aromatic carbocycles. The van der Waals surface area contributed by atoms with Crippen LogP contribution in [0.4, 0.5) is 0 Å². The molecule has 4 heteroatoms. The third-order valence-corrected chi connectivity index (χ3v) is 4.87. The highest BCUT2D eigenvalue weighted by Crippen LogP contribution is 2.41. The van der Waals surface area contributed by atoms with Crippen molar-refractivity contribution in [2.45, 2.75) is 64.0 Å². The van der Waals surface area contributed by atoms with Crippen LogP contribution in [0.2, 0.25) is 0 Å². The van der Waals surface area contributed by atoms with Crippen molar-refractivity contribution < 1.29 is 4.74 Å². The Hall–Kier alpha value is -1.03. The maximum atomic E-state index is 5.56. The molecule has 4 nitrogen and oxygen atoms in total. The molecule has 2 aliphatic rings. The molecule has 0 aliphatic heterocycles. The van der Waals surface area contributed by atoms with Gasteiger partial charge in [0.2, 0.25) is 0 Å². The minimum absolute atomic E-state index is 0.604. The van der Waals surface area contributed by atoms with E-state index in [-0.39, 0.29) is 0 Å². The van der Waals surface area contributed by atoms with Crippen molar-refractivity contribution in [3.05, 3.63) is 11.9 Å². The Labute approximate surface area is 121 Å². The third kappa shape index (κ3) is 2.85. The summed E-state index contributed by atoms with van der Waals surface area (Å²) >= 11 is 0. The smallest absolute Gasteiger partial charge is 0.160 e. The Morgan fingerprint density at radius 2 is 2.10 bits per heavy atom. The van der Waals surface area contributed by atoms with Gasteiger partial charge in [-0.1, -0.05) is 12.8 Å². The van der Waals surface area contributed by atoms with Crippen LogP contribution in [0.15, 0.2) is 6.20 Å². The minimum Gasteiger partial charge on any atom is -0.493 e. The second-order valence-electron chi connectivity index (χ2n) is 6.25. The molecule has 0 spiro atoms. The SMILES string of the molecule is CCn1ncc(OC)c1C1CCCCC1CNC1CC1. The summed E-state index contributed by atoms with van der Waals surface area (Å²) < 4.78 is 7.70. The lowest BCUT2D eigenvalue weighted by molar-refractivity contribution is 0.275. The Kier molecular flexibility index (Phi) is 4.29. The van der Waals surface area contributed by atoms with Crippen molar-refractivity contribution in [2.75, 3.05) is 13.7 Å². The quantitative estimate of drug-likeness (QED) is 0.869. The van der Waals surface area contributed by atoms with E-state index in [1.807, 2.05) is 6.20 Å². The summed E-state index contributed by atoms with van der Waals surface area (Å²) in [6, 6.07) is 0.801. The lowest BCUT2D eigenvalue weighted by Crippen LogP contribution is -2.32. The molecule has 2 aliphatic carbocycles. The first-order valence-electron chi connectivity index (χ1n) is 8.16. The van der Waals surface area contributed by atoms with Crippen LogP contribution >= 0.6 is 0 Å². The van der Waals surface area contributed by atoms with Crippen molar-refractivity contribution in [1.82, 2.24) is 15.1 Å². The highest BCUT2D eigenvalue weighted by molar-refractivity contribution is 5.30. The van der Waals surface area contributed by atoms with Gasteiger partial charge in [-0.25, -0.2) is 0 Å². The van der Waals surface area contributed by atoms with E-state index in [2.05, 4.69) is 22.0 Å². The third-order valence-electron chi connectivity index (χ3n) is 4.87. The van der Waals surface area contributed by atoms with E-state index < -0.39 is 0 Å². The average molecular weight is 277 g/mol. The molecule has 1 aromatic heterocycles. The number of rotatable bonds is 6. The molecular weight excluding hydrogens is 250 g/mol. The number of methoxy groups -OCH3 is 1. The first-order valence-corrected chi connectivity index (χ1v) is 8.16. The summed E-state index contributed by atoms with van der Waals surface area (Å²) in [6.45, 7) is 4.25. The van der Waals surface area contributed by atoms with Gasteiger partial charge in [0.1, 0.15) is 0 Å². The van der Waals surface area contributed by atoms with Gasteiger partial charge in [-0.2, -0.15) is 5.10 Å². The number of ether oxygens (including phenoxy) is 1. The van der Waals surface area contributed by atoms with E-state index in [9.17, 15) is 0 Å². The summed E-state index contributed by atoms with van der Waals surface area (Å²) in [7, 11) is 1.76. The molecular formula is C16H27N3O. The number of aryl methyl sites for hydroxylation is 1. The molecule has 1 aromatic rings. The Bertz CT molecular complexity index is 417. The lowest BCUT2D eigenvalue weighted by Gasteiger charge is -2.32. The van der Waals surface area contributed by atoms with Gasteiger partial charge in [0.15, 0.2) is 5.75 Å². The molecule has 0 saturated heterocycles. The molecule has 2 atom stereocenters. The van der Waals surface area contributed by atoms with Crippen LogP contribution in [0.5, 0.6) is 5.75 Å². The lowest BCUT2D eigenvalue weighted by atomic mass is 9.77. The Balaban J connectivity index is 1.78. The predicted molar refractivity (Wildman–Crippen MR) is 80.2 cm³/mol. The molecule has 0 radical (unpaired) electrons. The second-order valence-corrected chi connectivity index (χ2v) is 6.25. The van der Waals surface area contributed by atoms with Crippen LogP contribution in [-0.4, -0.2) is 29.5 Å². The average Bonchev–Trinajstić information content (AvgIpc) is 3.23. The molecule has 1 heterocycles. The van der Waals surface area contributed by atoms with Gasteiger partial charge in [-0.15, -0.1) is 0 Å². The van der Waals surface area contributed by atoms with Crippen LogP contribution in [0.1, 0.15) is 57.1 Å². The minimum atomic E-state index is 0.604. The van der Waals surface area contributed by atoms with Crippen molar-refractivity contribution in [3.63, 3.8) is 0 Å². The molecule has 2 fully saturated rings. The molecule has 3 rings (SSSR count). The fourth-order valence-corrected chi connectivity index (χ4v) is 3.58. The number of hydrogen-bond acceptors (Lipinski definition) is 3. The van der Waals surface area contributed by atoms with Crippen LogP contribution < -0.4 is 10.1 Å². The van der Waals surface area contributed by atoms with E-state index in [1.165, 1.54) is 44.2 Å². The van der Waals surface area contributed by atoms with Crippen molar-refractivity contribution in [1.29, 1.82) is 0 Å². The fourth-order valence-electron chi connectivity index (χ4n) is 3.58. The van der Waals surface area contributed by atoms with Gasteiger partial charge >= 0.3 is 0 Å². The fraction of sp³-hybridized carbons (Fsp3) is 0.812.